The SMILES string of the molecule is CCCCCCCCCCCCCCCCCCCCCCCCC(=O)O[C@H](COC(=O)CCCCCCCCCCCCCCCCCC)COP(=O)(O)OC[C@@H](O)COP(=O)(O)OC[C@@H](COC(=O)CCCCCCCCCCC)OC(=O)CCCCCCCCCCC(C)CC. The van der Waals surface area contributed by atoms with Crippen LogP contribution in [0.5, 0.6) is 0 Å². The number of ether oxygens (including phenoxy) is 4. The van der Waals surface area contributed by atoms with Crippen LogP contribution in [0.1, 0.15) is 426 Å². The van der Waals surface area contributed by atoms with Gasteiger partial charge < -0.3 is 33.8 Å². The molecule has 0 aliphatic carbocycles. The molecule has 17 nitrogen and oxygen atoms in total. The van der Waals surface area contributed by atoms with Crippen molar-refractivity contribution in [1.29, 1.82) is 0 Å². The number of aliphatic hydroxyl groups is 1. The number of aliphatic hydroxyl groups excluding tert-OH is 1. The van der Waals surface area contributed by atoms with Gasteiger partial charge in [0, 0.05) is 25.7 Å². The number of phosphoric acid groups is 2. The van der Waals surface area contributed by atoms with E-state index in [9.17, 15) is 43.2 Å². The number of esters is 4. The first kappa shape index (κ1) is 97.1. The molecule has 0 saturated carbocycles. The van der Waals surface area contributed by atoms with Crippen molar-refractivity contribution >= 4 is 39.5 Å². The largest absolute Gasteiger partial charge is 0.472 e. The van der Waals surface area contributed by atoms with Crippen molar-refractivity contribution in [2.75, 3.05) is 39.6 Å². The van der Waals surface area contributed by atoms with Gasteiger partial charge in [-0.25, -0.2) is 9.13 Å². The molecule has 0 aliphatic heterocycles. The highest BCUT2D eigenvalue weighted by Crippen LogP contribution is 2.45. The number of phosphoric ester groups is 2. The van der Waals surface area contributed by atoms with Crippen molar-refractivity contribution in [2.24, 2.45) is 5.92 Å². The molecule has 0 aromatic rings. The maximum absolute atomic E-state index is 13.1. The van der Waals surface area contributed by atoms with Crippen LogP contribution >= 0.6 is 15.6 Å². The number of hydrogen-bond acceptors (Lipinski definition) is 15. The number of hydrogen-bond donors (Lipinski definition) is 3. The predicted molar refractivity (Wildman–Crippen MR) is 405 cm³/mol. The minimum atomic E-state index is -4.96. The second-order valence-electron chi connectivity index (χ2n) is 29.1. The van der Waals surface area contributed by atoms with Crippen LogP contribution < -0.4 is 0 Å². The summed E-state index contributed by atoms with van der Waals surface area (Å²) in [6.07, 6.45) is 63.9. The van der Waals surface area contributed by atoms with Gasteiger partial charge >= 0.3 is 39.5 Å². The standard InChI is InChI=1S/C80H156O17P2/c1-6-10-13-16-19-22-24-26-28-30-31-32-33-34-35-37-39-41-44-50-55-60-65-79(84)96-75(70-91-78(83)64-59-54-49-43-40-38-36-29-27-25-23-20-17-14-11-7-2)71-94-98(86,87)92-67-74(81)68-93-99(88,89)95-72-76(69-90-77(82)63-58-53-48-42-21-18-15-12-8-3)97-80(85)66-61-56-51-46-45-47-52-57-62-73(5)9-4/h73-76,81H,6-72H2,1-5H3,(H,86,87)(H,88,89)/t73?,74-,75-,76-/m1/s1. The maximum Gasteiger partial charge on any atom is 0.472 e. The molecule has 0 rings (SSSR count). The predicted octanol–water partition coefficient (Wildman–Crippen LogP) is 24.0. The Hall–Kier alpha value is -1.94. The first-order valence-electron chi connectivity index (χ1n) is 41.7. The average Bonchev–Trinajstić information content (AvgIpc) is 1.10. The molecule has 0 spiro atoms. The fourth-order valence-corrected chi connectivity index (χ4v) is 14.0. The molecule has 0 bridgehead atoms. The van der Waals surface area contributed by atoms with Gasteiger partial charge in [0.1, 0.15) is 19.3 Å². The molecule has 0 saturated heterocycles. The van der Waals surface area contributed by atoms with Gasteiger partial charge in [0.05, 0.1) is 26.4 Å². The third kappa shape index (κ3) is 72.8. The Kier molecular flexibility index (Phi) is 71.6. The highest BCUT2D eigenvalue weighted by Gasteiger charge is 2.30. The molecule has 0 aromatic carbocycles. The van der Waals surface area contributed by atoms with E-state index < -0.39 is 97.5 Å². The molecule has 0 fully saturated rings. The first-order chi connectivity index (χ1) is 48.1. The highest BCUT2D eigenvalue weighted by molar-refractivity contribution is 7.47. The van der Waals surface area contributed by atoms with Crippen molar-refractivity contribution in [3.8, 4) is 0 Å². The zero-order chi connectivity index (χ0) is 72.7. The monoisotopic (exact) mass is 1450 g/mol. The number of unbranched alkanes of at least 4 members (excludes halogenated alkanes) is 51. The summed E-state index contributed by atoms with van der Waals surface area (Å²) >= 11 is 0. The average molecular weight is 1450 g/mol. The molecule has 588 valence electrons. The van der Waals surface area contributed by atoms with E-state index in [1.807, 2.05) is 0 Å². The molecule has 3 N–H and O–H groups in total. The van der Waals surface area contributed by atoms with Gasteiger partial charge in [0.25, 0.3) is 0 Å². The zero-order valence-electron chi connectivity index (χ0n) is 64.6. The van der Waals surface area contributed by atoms with E-state index in [0.717, 1.165) is 95.8 Å². The lowest BCUT2D eigenvalue weighted by molar-refractivity contribution is -0.161. The smallest absolute Gasteiger partial charge is 0.462 e. The normalized spacial score (nSPS) is 14.1. The van der Waals surface area contributed by atoms with E-state index in [4.69, 9.17) is 37.0 Å². The van der Waals surface area contributed by atoms with Gasteiger partial charge in [-0.05, 0) is 31.6 Å². The summed E-state index contributed by atoms with van der Waals surface area (Å²) in [6.45, 7) is 7.30. The molecule has 19 heteroatoms. The summed E-state index contributed by atoms with van der Waals surface area (Å²) in [5.74, 6) is -1.34. The van der Waals surface area contributed by atoms with Crippen molar-refractivity contribution < 1.29 is 80.2 Å². The van der Waals surface area contributed by atoms with E-state index in [-0.39, 0.29) is 25.7 Å². The van der Waals surface area contributed by atoms with Crippen LogP contribution in [0.15, 0.2) is 0 Å². The number of carbonyl (C=O) groups excluding carboxylic acids is 4. The third-order valence-corrected chi connectivity index (χ3v) is 21.0. The summed E-state index contributed by atoms with van der Waals surface area (Å²) < 4.78 is 68.6. The fourth-order valence-electron chi connectivity index (χ4n) is 12.4. The van der Waals surface area contributed by atoms with Gasteiger partial charge in [-0.2, -0.15) is 0 Å². The molecule has 0 amide bonds. The van der Waals surface area contributed by atoms with E-state index in [1.54, 1.807) is 0 Å². The Morgan fingerprint density at radius 3 is 0.717 bits per heavy atom. The van der Waals surface area contributed by atoms with Crippen LogP contribution in [-0.2, 0) is 65.4 Å². The van der Waals surface area contributed by atoms with Crippen molar-refractivity contribution in [3.63, 3.8) is 0 Å². The molecule has 99 heavy (non-hydrogen) atoms. The van der Waals surface area contributed by atoms with Crippen LogP contribution in [0.25, 0.3) is 0 Å². The third-order valence-electron chi connectivity index (χ3n) is 19.1. The van der Waals surface area contributed by atoms with Crippen LogP contribution in [-0.4, -0.2) is 96.7 Å². The van der Waals surface area contributed by atoms with E-state index in [1.165, 1.54) is 250 Å². The van der Waals surface area contributed by atoms with E-state index in [0.29, 0.717) is 25.7 Å². The van der Waals surface area contributed by atoms with E-state index >= 15 is 0 Å². The summed E-state index contributed by atoms with van der Waals surface area (Å²) in [4.78, 5) is 72.9. The quantitative estimate of drug-likeness (QED) is 0.0222. The molecule has 3 unspecified atom stereocenters. The molecule has 0 heterocycles. The summed E-state index contributed by atoms with van der Waals surface area (Å²) in [5, 5.41) is 10.6. The molecule has 0 aromatic heterocycles. The molecule has 0 aliphatic rings. The van der Waals surface area contributed by atoms with E-state index in [2.05, 4.69) is 34.6 Å². The van der Waals surface area contributed by atoms with Crippen molar-refractivity contribution in [2.45, 2.75) is 445 Å². The minimum Gasteiger partial charge on any atom is -0.462 e. The highest BCUT2D eigenvalue weighted by atomic mass is 31.2. The minimum absolute atomic E-state index is 0.105. The van der Waals surface area contributed by atoms with Gasteiger partial charge in [0.15, 0.2) is 12.2 Å². The van der Waals surface area contributed by atoms with Gasteiger partial charge in [0.2, 0.25) is 0 Å². The maximum atomic E-state index is 13.1. The van der Waals surface area contributed by atoms with Crippen LogP contribution in [0, 0.1) is 5.92 Å². The lowest BCUT2D eigenvalue weighted by atomic mass is 9.99. The van der Waals surface area contributed by atoms with Crippen LogP contribution in [0.3, 0.4) is 0 Å². The summed E-state index contributed by atoms with van der Waals surface area (Å²) in [5.41, 5.74) is 0. The van der Waals surface area contributed by atoms with Gasteiger partial charge in [-0.15, -0.1) is 0 Å². The first-order valence-corrected chi connectivity index (χ1v) is 44.7. The van der Waals surface area contributed by atoms with Crippen molar-refractivity contribution in [1.82, 2.24) is 0 Å². The fraction of sp³-hybridized carbons (Fsp3) is 0.950. The second-order valence-corrected chi connectivity index (χ2v) is 32.0. The Morgan fingerprint density at radius 1 is 0.283 bits per heavy atom. The van der Waals surface area contributed by atoms with Gasteiger partial charge in [-0.1, -0.05) is 375 Å². The summed E-state index contributed by atoms with van der Waals surface area (Å²) in [6, 6.07) is 0. The van der Waals surface area contributed by atoms with Gasteiger partial charge in [-0.3, -0.25) is 37.3 Å². The molecule has 6 atom stereocenters. The topological polar surface area (TPSA) is 237 Å². The number of carbonyl (C=O) groups is 4. The second kappa shape index (κ2) is 73.0. The lowest BCUT2D eigenvalue weighted by Gasteiger charge is -2.21. The molecule has 0 radical (unpaired) electrons. The van der Waals surface area contributed by atoms with Crippen LogP contribution in [0.2, 0.25) is 0 Å². The molecular formula is C80H156O17P2. The Labute approximate surface area is 607 Å². The van der Waals surface area contributed by atoms with Crippen LogP contribution in [0.4, 0.5) is 0 Å². The number of rotatable bonds is 80. The summed E-state index contributed by atoms with van der Waals surface area (Å²) in [7, 11) is -9.91. The Morgan fingerprint density at radius 2 is 0.485 bits per heavy atom. The van der Waals surface area contributed by atoms with Crippen molar-refractivity contribution in [3.05, 3.63) is 0 Å². The Balaban J connectivity index is 5.19. The molecular weight excluding hydrogens is 1290 g/mol. The lowest BCUT2D eigenvalue weighted by Crippen LogP contribution is -2.30. The Bertz CT molecular complexity index is 1890. The zero-order valence-corrected chi connectivity index (χ0v) is 66.4.